The zero-order valence-corrected chi connectivity index (χ0v) is 8.88. The number of rotatable bonds is 3. The molecular weight excluding hydrogens is 243 g/mol. The molecule has 1 aromatic carbocycles. The summed E-state index contributed by atoms with van der Waals surface area (Å²) in [6.07, 6.45) is 2.58. The molecule has 0 aliphatic rings. The van der Waals surface area contributed by atoms with Crippen molar-refractivity contribution < 1.29 is 19.0 Å². The van der Waals surface area contributed by atoms with Crippen LogP contribution in [0.2, 0.25) is 0 Å². The first-order valence-corrected chi connectivity index (χ1v) is 4.82. The van der Waals surface area contributed by atoms with Crippen molar-refractivity contribution in [2.75, 3.05) is 0 Å². The van der Waals surface area contributed by atoms with E-state index >= 15 is 0 Å². The fourth-order valence-electron chi connectivity index (χ4n) is 1.27. The summed E-state index contributed by atoms with van der Waals surface area (Å²) in [6, 6.07) is 2.95. The van der Waals surface area contributed by atoms with Crippen molar-refractivity contribution in [1.29, 1.82) is 0 Å². The van der Waals surface area contributed by atoms with E-state index in [1.807, 2.05) is 0 Å². The van der Waals surface area contributed by atoms with Gasteiger partial charge in [-0.25, -0.2) is 14.2 Å². The van der Waals surface area contributed by atoms with E-state index in [0.29, 0.717) is 0 Å². The zero-order chi connectivity index (χ0) is 13.1. The van der Waals surface area contributed by atoms with Crippen molar-refractivity contribution in [2.45, 2.75) is 0 Å². The molecule has 92 valence electrons. The fourth-order valence-corrected chi connectivity index (χ4v) is 1.27. The summed E-state index contributed by atoms with van der Waals surface area (Å²) in [6.45, 7) is 0. The highest BCUT2D eigenvalue weighted by molar-refractivity contribution is 5.90. The summed E-state index contributed by atoms with van der Waals surface area (Å²) in [5, 5.41) is 8.88. The first-order valence-electron chi connectivity index (χ1n) is 4.82. The number of H-pyrrole nitrogens is 1. The van der Waals surface area contributed by atoms with Crippen LogP contribution in [0, 0.1) is 5.82 Å². The third-order valence-corrected chi connectivity index (χ3v) is 2.05. The number of nitrogens with one attached hydrogen (secondary N) is 1. The number of carboxylic acids is 1. The molecule has 0 saturated heterocycles. The van der Waals surface area contributed by atoms with E-state index in [2.05, 4.69) is 9.97 Å². The topological polar surface area (TPSA) is 92.3 Å². The summed E-state index contributed by atoms with van der Waals surface area (Å²) in [5.74, 6) is -2.55. The Kier molecular flexibility index (Phi) is 3.05. The Bertz CT molecular complexity index is 653. The van der Waals surface area contributed by atoms with Gasteiger partial charge in [0.1, 0.15) is 17.1 Å². The molecular formula is C11H7FN2O4. The van der Waals surface area contributed by atoms with Gasteiger partial charge in [-0.15, -0.1) is 0 Å². The Morgan fingerprint density at radius 2 is 2.22 bits per heavy atom. The second kappa shape index (κ2) is 4.66. The van der Waals surface area contributed by atoms with E-state index in [-0.39, 0.29) is 17.2 Å². The molecule has 0 saturated carbocycles. The summed E-state index contributed by atoms with van der Waals surface area (Å²) in [4.78, 5) is 28.2. The predicted octanol–water partition coefficient (Wildman–Crippen LogP) is 1.40. The zero-order valence-electron chi connectivity index (χ0n) is 8.88. The number of carbonyl (C=O) groups is 1. The molecule has 1 heterocycles. The molecule has 0 aliphatic heterocycles. The van der Waals surface area contributed by atoms with Gasteiger partial charge in [0.15, 0.2) is 0 Å². The summed E-state index contributed by atoms with van der Waals surface area (Å²) in [5.41, 5.74) is -1.00. The van der Waals surface area contributed by atoms with Crippen molar-refractivity contribution >= 4 is 5.97 Å². The number of aromatic amines is 1. The van der Waals surface area contributed by atoms with Crippen LogP contribution in [0.3, 0.4) is 0 Å². The van der Waals surface area contributed by atoms with Crippen LogP contribution in [0.1, 0.15) is 10.4 Å². The molecule has 0 fully saturated rings. The highest BCUT2D eigenvalue weighted by atomic mass is 19.1. The molecule has 2 N–H and O–H groups in total. The van der Waals surface area contributed by atoms with Gasteiger partial charge in [-0.05, 0) is 18.2 Å². The average molecular weight is 250 g/mol. The monoisotopic (exact) mass is 250 g/mol. The number of halogens is 1. The fraction of sp³-hybridized carbons (Fsp3) is 0. The van der Waals surface area contributed by atoms with Gasteiger partial charge >= 0.3 is 11.5 Å². The first kappa shape index (κ1) is 11.8. The molecule has 2 aromatic rings. The lowest BCUT2D eigenvalue weighted by atomic mass is 10.2. The largest absolute Gasteiger partial charge is 0.478 e. The average Bonchev–Trinajstić information content (AvgIpc) is 2.34. The van der Waals surface area contributed by atoms with E-state index in [1.54, 1.807) is 0 Å². The minimum Gasteiger partial charge on any atom is -0.478 e. The van der Waals surface area contributed by atoms with Gasteiger partial charge in [0.25, 0.3) is 5.88 Å². The quantitative estimate of drug-likeness (QED) is 0.858. The number of benzene rings is 1. The summed E-state index contributed by atoms with van der Waals surface area (Å²) in [7, 11) is 0. The Balaban J connectivity index is 2.44. The molecule has 1 aromatic heterocycles. The van der Waals surface area contributed by atoms with Crippen LogP contribution in [-0.4, -0.2) is 21.0 Å². The van der Waals surface area contributed by atoms with E-state index < -0.39 is 17.3 Å². The minimum atomic E-state index is -1.36. The van der Waals surface area contributed by atoms with E-state index in [1.165, 1.54) is 12.4 Å². The third-order valence-electron chi connectivity index (χ3n) is 2.05. The van der Waals surface area contributed by atoms with E-state index in [4.69, 9.17) is 9.84 Å². The van der Waals surface area contributed by atoms with Crippen molar-refractivity contribution in [3.63, 3.8) is 0 Å². The van der Waals surface area contributed by atoms with E-state index in [0.717, 1.165) is 18.2 Å². The highest BCUT2D eigenvalue weighted by Crippen LogP contribution is 2.23. The Hall–Kier alpha value is -2.70. The van der Waals surface area contributed by atoms with Crippen LogP contribution in [0.5, 0.6) is 11.6 Å². The van der Waals surface area contributed by atoms with Crippen LogP contribution < -0.4 is 10.3 Å². The van der Waals surface area contributed by atoms with Crippen molar-refractivity contribution in [2.24, 2.45) is 0 Å². The normalized spacial score (nSPS) is 10.1. The maximum absolute atomic E-state index is 12.9. The highest BCUT2D eigenvalue weighted by Gasteiger charge is 2.14. The maximum Gasteiger partial charge on any atom is 0.339 e. The number of hydrogen-bond acceptors (Lipinski definition) is 4. The Labute approximate surface area is 99.7 Å². The second-order valence-electron chi connectivity index (χ2n) is 3.27. The lowest BCUT2D eigenvalue weighted by Crippen LogP contribution is -2.11. The van der Waals surface area contributed by atoms with Gasteiger partial charge in [0, 0.05) is 12.4 Å². The van der Waals surface area contributed by atoms with Gasteiger partial charge in [0.05, 0.1) is 0 Å². The number of aromatic nitrogens is 2. The number of hydrogen-bond donors (Lipinski definition) is 2. The van der Waals surface area contributed by atoms with Crippen molar-refractivity contribution in [3.8, 4) is 11.6 Å². The van der Waals surface area contributed by atoms with Crippen LogP contribution in [0.4, 0.5) is 4.39 Å². The molecule has 0 unspecified atom stereocenters. The van der Waals surface area contributed by atoms with Gasteiger partial charge in [-0.2, -0.15) is 0 Å². The van der Waals surface area contributed by atoms with Crippen LogP contribution in [0.15, 0.2) is 35.4 Å². The summed E-state index contributed by atoms with van der Waals surface area (Å²) >= 11 is 0. The predicted molar refractivity (Wildman–Crippen MR) is 58.3 cm³/mol. The first-order chi connectivity index (χ1) is 8.58. The molecule has 0 amide bonds. The van der Waals surface area contributed by atoms with Gasteiger partial charge in [-0.1, -0.05) is 0 Å². The van der Waals surface area contributed by atoms with Crippen molar-refractivity contribution in [1.82, 2.24) is 9.97 Å². The molecule has 2 rings (SSSR count). The Morgan fingerprint density at radius 1 is 1.44 bits per heavy atom. The van der Waals surface area contributed by atoms with Crippen molar-refractivity contribution in [3.05, 3.63) is 52.3 Å². The number of nitrogens with zero attached hydrogens (tertiary/aromatic N) is 1. The number of carboxylic acid groups (broad SMARTS) is 1. The standard InChI is InChI=1S/C11H7FN2O4/c12-6-1-2-8(7(5-6)11(16)17)18-10-9(15)13-3-4-14-10/h1-5H,(H,13,15)(H,16,17). The van der Waals surface area contributed by atoms with Gasteiger partial charge in [-0.3, -0.25) is 4.79 Å². The van der Waals surface area contributed by atoms with E-state index in [9.17, 15) is 14.0 Å². The lowest BCUT2D eigenvalue weighted by molar-refractivity contribution is 0.0693. The third kappa shape index (κ3) is 2.34. The lowest BCUT2D eigenvalue weighted by Gasteiger charge is -2.06. The minimum absolute atomic E-state index is 0.159. The van der Waals surface area contributed by atoms with Crippen LogP contribution >= 0.6 is 0 Å². The molecule has 7 heteroatoms. The molecule has 18 heavy (non-hydrogen) atoms. The molecule has 0 spiro atoms. The van der Waals surface area contributed by atoms with Crippen LogP contribution in [-0.2, 0) is 0 Å². The Morgan fingerprint density at radius 3 is 2.89 bits per heavy atom. The molecule has 0 aliphatic carbocycles. The smallest absolute Gasteiger partial charge is 0.339 e. The molecule has 0 radical (unpaired) electrons. The second-order valence-corrected chi connectivity index (χ2v) is 3.27. The summed E-state index contributed by atoms with van der Waals surface area (Å²) < 4.78 is 18.0. The number of ether oxygens (including phenoxy) is 1. The van der Waals surface area contributed by atoms with Crippen LogP contribution in [0.25, 0.3) is 0 Å². The molecule has 6 nitrogen and oxygen atoms in total. The molecule has 0 atom stereocenters. The van der Waals surface area contributed by atoms with Gasteiger partial charge in [0.2, 0.25) is 0 Å². The SMILES string of the molecule is O=C(O)c1cc(F)ccc1Oc1ncc[nH]c1=O. The number of aromatic carboxylic acids is 1. The molecule has 0 bridgehead atoms. The maximum atomic E-state index is 12.9. The van der Waals surface area contributed by atoms with Gasteiger partial charge < -0.3 is 14.8 Å².